The lowest BCUT2D eigenvalue weighted by molar-refractivity contribution is -0.123. The van der Waals surface area contributed by atoms with E-state index in [2.05, 4.69) is 19.2 Å². The van der Waals surface area contributed by atoms with Crippen LogP contribution in [0.2, 0.25) is 0 Å². The molecular formula is C20H32N2O5. The van der Waals surface area contributed by atoms with Gasteiger partial charge in [-0.2, -0.15) is 0 Å². The smallest absolute Gasteiger partial charge is 0.234 e. The second-order valence-corrected chi connectivity index (χ2v) is 6.95. The lowest BCUT2D eigenvalue weighted by atomic mass is 9.95. The number of rotatable bonds is 11. The molecule has 7 nitrogen and oxygen atoms in total. The van der Waals surface area contributed by atoms with E-state index in [0.29, 0.717) is 46.1 Å². The van der Waals surface area contributed by atoms with Gasteiger partial charge in [-0.25, -0.2) is 0 Å². The van der Waals surface area contributed by atoms with Gasteiger partial charge in [0.05, 0.1) is 25.8 Å². The van der Waals surface area contributed by atoms with Crippen LogP contribution in [0.1, 0.15) is 25.5 Å². The predicted molar refractivity (Wildman–Crippen MR) is 103 cm³/mol. The highest BCUT2D eigenvalue weighted by atomic mass is 16.6. The number of hydrogen-bond donors (Lipinski definition) is 1. The Morgan fingerprint density at radius 3 is 2.33 bits per heavy atom. The van der Waals surface area contributed by atoms with Gasteiger partial charge in [-0.05, 0) is 23.6 Å². The predicted octanol–water partition coefficient (Wildman–Crippen LogP) is 1.87. The summed E-state index contributed by atoms with van der Waals surface area (Å²) in [6.07, 6.45) is 0. The first-order valence-electron chi connectivity index (χ1n) is 9.44. The second kappa shape index (κ2) is 11.1. The van der Waals surface area contributed by atoms with Crippen molar-refractivity contribution >= 4 is 5.91 Å². The number of amides is 1. The van der Waals surface area contributed by atoms with Gasteiger partial charge in [0, 0.05) is 27.3 Å². The van der Waals surface area contributed by atoms with Crippen molar-refractivity contribution in [1.29, 1.82) is 0 Å². The van der Waals surface area contributed by atoms with Crippen LogP contribution >= 0.6 is 0 Å². The number of nitrogens with one attached hydrogen (secondary N) is 1. The Morgan fingerprint density at radius 1 is 1.11 bits per heavy atom. The number of fused-ring (bicyclic) bond motifs is 1. The minimum Gasteiger partial charge on any atom is -0.486 e. The summed E-state index contributed by atoms with van der Waals surface area (Å²) in [7, 11) is 3.32. The van der Waals surface area contributed by atoms with Gasteiger partial charge in [-0.1, -0.05) is 19.9 Å². The average Bonchev–Trinajstić information content (AvgIpc) is 2.67. The van der Waals surface area contributed by atoms with Crippen molar-refractivity contribution < 1.29 is 23.7 Å². The number of hydrogen-bond acceptors (Lipinski definition) is 6. The number of methoxy groups -OCH3 is 2. The van der Waals surface area contributed by atoms with Crippen molar-refractivity contribution in [3.05, 3.63) is 23.8 Å². The van der Waals surface area contributed by atoms with E-state index in [0.717, 1.165) is 17.1 Å². The third kappa shape index (κ3) is 6.68. The van der Waals surface area contributed by atoms with Crippen molar-refractivity contribution in [2.24, 2.45) is 5.92 Å². The molecule has 0 radical (unpaired) electrons. The Bertz CT molecular complexity index is 586. The van der Waals surface area contributed by atoms with Crippen LogP contribution < -0.4 is 14.8 Å². The highest BCUT2D eigenvalue weighted by Crippen LogP contribution is 2.34. The summed E-state index contributed by atoms with van der Waals surface area (Å²) >= 11 is 0. The van der Waals surface area contributed by atoms with Gasteiger partial charge in [0.25, 0.3) is 0 Å². The maximum absolute atomic E-state index is 12.7. The molecule has 27 heavy (non-hydrogen) atoms. The molecule has 2 rings (SSSR count). The zero-order chi connectivity index (χ0) is 19.6. The van der Waals surface area contributed by atoms with Crippen molar-refractivity contribution in [2.75, 3.05) is 60.3 Å². The molecular weight excluding hydrogens is 348 g/mol. The van der Waals surface area contributed by atoms with Crippen molar-refractivity contribution in [3.63, 3.8) is 0 Å². The summed E-state index contributed by atoms with van der Waals surface area (Å²) in [5.41, 5.74) is 1.02. The number of ether oxygens (including phenoxy) is 4. The first kappa shape index (κ1) is 21.5. The van der Waals surface area contributed by atoms with E-state index in [4.69, 9.17) is 18.9 Å². The summed E-state index contributed by atoms with van der Waals surface area (Å²) in [6, 6.07) is 5.77. The molecule has 152 valence electrons. The van der Waals surface area contributed by atoms with Gasteiger partial charge in [0.1, 0.15) is 13.2 Å². The maximum Gasteiger partial charge on any atom is 0.234 e. The van der Waals surface area contributed by atoms with Crippen LogP contribution in [-0.2, 0) is 14.3 Å². The number of nitrogens with zero attached hydrogens (tertiary/aromatic N) is 1. The zero-order valence-electron chi connectivity index (χ0n) is 16.8. The van der Waals surface area contributed by atoms with Gasteiger partial charge in [-0.15, -0.1) is 0 Å². The van der Waals surface area contributed by atoms with E-state index in [1.165, 1.54) is 0 Å². The molecule has 1 amide bonds. The van der Waals surface area contributed by atoms with Gasteiger partial charge in [0.15, 0.2) is 11.5 Å². The van der Waals surface area contributed by atoms with E-state index in [-0.39, 0.29) is 17.9 Å². The van der Waals surface area contributed by atoms with Crippen LogP contribution in [0.3, 0.4) is 0 Å². The van der Waals surface area contributed by atoms with E-state index in [1.54, 1.807) is 14.2 Å². The largest absolute Gasteiger partial charge is 0.486 e. The third-order valence-corrected chi connectivity index (χ3v) is 4.50. The summed E-state index contributed by atoms with van der Waals surface area (Å²) < 4.78 is 21.5. The zero-order valence-corrected chi connectivity index (χ0v) is 16.8. The molecule has 1 atom stereocenters. The molecule has 1 aromatic rings. The Labute approximate surface area is 161 Å². The average molecular weight is 380 g/mol. The number of benzene rings is 1. The summed E-state index contributed by atoms with van der Waals surface area (Å²) in [5, 5.41) is 3.16. The molecule has 1 aromatic carbocycles. The minimum absolute atomic E-state index is 0.0178. The van der Waals surface area contributed by atoms with Gasteiger partial charge in [-0.3, -0.25) is 9.69 Å². The quantitative estimate of drug-likeness (QED) is 0.632. The molecule has 7 heteroatoms. The Balaban J connectivity index is 2.02. The molecule has 1 N–H and O–H groups in total. The Morgan fingerprint density at radius 2 is 1.74 bits per heavy atom. The summed E-state index contributed by atoms with van der Waals surface area (Å²) in [6.45, 7) is 8.12. The van der Waals surface area contributed by atoms with Crippen LogP contribution in [0, 0.1) is 5.92 Å². The molecule has 0 saturated heterocycles. The topological polar surface area (TPSA) is 69.3 Å². The van der Waals surface area contributed by atoms with E-state index in [1.807, 2.05) is 23.1 Å². The van der Waals surface area contributed by atoms with Crippen molar-refractivity contribution in [3.8, 4) is 11.5 Å². The molecule has 1 aliphatic rings. The number of carbonyl (C=O) groups excluding carboxylic acids is 1. The fraction of sp³-hybridized carbons (Fsp3) is 0.650. The highest BCUT2D eigenvalue weighted by molar-refractivity contribution is 5.78. The van der Waals surface area contributed by atoms with Crippen LogP contribution in [0.15, 0.2) is 18.2 Å². The fourth-order valence-corrected chi connectivity index (χ4v) is 3.02. The molecule has 0 fully saturated rings. The van der Waals surface area contributed by atoms with E-state index >= 15 is 0 Å². The Hall–Kier alpha value is -1.83. The lowest BCUT2D eigenvalue weighted by Gasteiger charge is -2.27. The standard InChI is InChI=1S/C20H32N2O5/c1-15(2)20(16-5-6-17-18(13-16)27-12-11-26-17)21-19(23)14-22(7-9-24-3)8-10-25-4/h5-6,13,15,20H,7-12,14H2,1-4H3,(H,21,23)/t20-/m1/s1. The molecule has 0 unspecified atom stereocenters. The SMILES string of the molecule is COCCN(CCOC)CC(=O)N[C@@H](c1ccc2c(c1)OCCO2)C(C)C. The van der Waals surface area contributed by atoms with Gasteiger partial charge < -0.3 is 24.3 Å². The lowest BCUT2D eigenvalue weighted by Crippen LogP contribution is -2.42. The minimum atomic E-state index is -0.0972. The van der Waals surface area contributed by atoms with Crippen molar-refractivity contribution in [2.45, 2.75) is 19.9 Å². The molecule has 0 spiro atoms. The summed E-state index contributed by atoms with van der Waals surface area (Å²) in [5.74, 6) is 1.71. The highest BCUT2D eigenvalue weighted by Gasteiger charge is 2.22. The molecule has 0 aromatic heterocycles. The van der Waals surface area contributed by atoms with Gasteiger partial charge >= 0.3 is 0 Å². The van der Waals surface area contributed by atoms with Gasteiger partial charge in [0.2, 0.25) is 5.91 Å². The van der Waals surface area contributed by atoms with E-state index < -0.39 is 0 Å². The maximum atomic E-state index is 12.7. The normalized spacial score (nSPS) is 14.4. The monoisotopic (exact) mass is 380 g/mol. The molecule has 1 aliphatic heterocycles. The van der Waals surface area contributed by atoms with E-state index in [9.17, 15) is 4.79 Å². The molecule has 0 saturated carbocycles. The molecule has 1 heterocycles. The van der Waals surface area contributed by atoms with Crippen LogP contribution in [-0.4, -0.2) is 71.1 Å². The third-order valence-electron chi connectivity index (χ3n) is 4.50. The summed E-state index contributed by atoms with van der Waals surface area (Å²) in [4.78, 5) is 14.7. The Kier molecular flexibility index (Phi) is 8.84. The molecule has 0 bridgehead atoms. The molecule has 0 aliphatic carbocycles. The first-order chi connectivity index (χ1) is 13.0. The number of carbonyl (C=O) groups is 1. The first-order valence-corrected chi connectivity index (χ1v) is 9.44. The second-order valence-electron chi connectivity index (χ2n) is 6.95. The van der Waals surface area contributed by atoms with Crippen molar-refractivity contribution in [1.82, 2.24) is 10.2 Å². The van der Waals surface area contributed by atoms with Crippen LogP contribution in [0.4, 0.5) is 0 Å². The van der Waals surface area contributed by atoms with Crippen LogP contribution in [0.5, 0.6) is 11.5 Å². The fourth-order valence-electron chi connectivity index (χ4n) is 3.02. The van der Waals surface area contributed by atoms with Crippen LogP contribution in [0.25, 0.3) is 0 Å².